The number of benzene rings is 2. The normalized spacial score (nSPS) is 15.3. The molecular formula is C19H20ClN3O5. The third-order valence-electron chi connectivity index (χ3n) is 4.28. The first-order valence-electron chi connectivity index (χ1n) is 8.81. The van der Waals surface area contributed by atoms with Gasteiger partial charge in [0.25, 0.3) is 5.69 Å². The fourth-order valence-electron chi connectivity index (χ4n) is 2.86. The highest BCUT2D eigenvalue weighted by molar-refractivity contribution is 6.34. The number of anilines is 1. The van der Waals surface area contributed by atoms with Crippen molar-refractivity contribution in [2.24, 2.45) is 0 Å². The first kappa shape index (κ1) is 19.9. The van der Waals surface area contributed by atoms with E-state index < -0.39 is 4.92 Å². The molecule has 8 nitrogen and oxygen atoms in total. The molecule has 1 atom stereocenters. The summed E-state index contributed by atoms with van der Waals surface area (Å²) in [6.07, 6.45) is -0.189. The van der Waals surface area contributed by atoms with Gasteiger partial charge in [0.05, 0.1) is 22.2 Å². The minimum Gasteiger partial charge on any atom is -0.486 e. The molecule has 148 valence electrons. The number of fused-ring (bicyclic) bond motifs is 1. The molecule has 2 aromatic carbocycles. The number of halogens is 1. The van der Waals surface area contributed by atoms with E-state index in [2.05, 4.69) is 5.32 Å². The van der Waals surface area contributed by atoms with Gasteiger partial charge in [0.1, 0.15) is 12.7 Å². The van der Waals surface area contributed by atoms with Crippen LogP contribution < -0.4 is 14.8 Å². The van der Waals surface area contributed by atoms with E-state index in [4.69, 9.17) is 21.1 Å². The fraction of sp³-hybridized carbons (Fsp3) is 0.316. The maximum Gasteiger partial charge on any atom is 0.271 e. The first-order valence-corrected chi connectivity index (χ1v) is 9.18. The van der Waals surface area contributed by atoms with Crippen molar-refractivity contribution in [2.45, 2.75) is 13.0 Å². The average Bonchev–Trinajstić information content (AvgIpc) is 2.68. The van der Waals surface area contributed by atoms with Crippen LogP contribution in [0.1, 0.15) is 6.92 Å². The number of likely N-dealkylation sites (N-methyl/N-ethyl adjacent to an activating group) is 1. The Morgan fingerprint density at radius 3 is 2.75 bits per heavy atom. The number of carbonyl (C=O) groups is 1. The van der Waals surface area contributed by atoms with Crippen molar-refractivity contribution in [1.82, 2.24) is 4.90 Å². The molecule has 3 rings (SSSR count). The lowest BCUT2D eigenvalue weighted by atomic mass is 10.2. The van der Waals surface area contributed by atoms with Crippen LogP contribution in [0.15, 0.2) is 42.5 Å². The SMILES string of the molecule is CCN(CC(=O)Nc1ccc([N+](=O)[O-])cc1Cl)CC1COc2ccccc2O1. The molecule has 0 fully saturated rings. The number of nitro groups is 1. The number of amides is 1. The molecule has 0 saturated carbocycles. The van der Waals surface area contributed by atoms with E-state index in [9.17, 15) is 14.9 Å². The van der Waals surface area contributed by atoms with Crippen LogP contribution in [0.5, 0.6) is 11.5 Å². The summed E-state index contributed by atoms with van der Waals surface area (Å²) in [5.74, 6) is 1.14. The molecule has 0 aliphatic carbocycles. The van der Waals surface area contributed by atoms with Crippen LogP contribution >= 0.6 is 11.6 Å². The Balaban J connectivity index is 1.56. The Labute approximate surface area is 167 Å². The minimum absolute atomic E-state index is 0.117. The van der Waals surface area contributed by atoms with E-state index >= 15 is 0 Å². The Morgan fingerprint density at radius 2 is 2.07 bits per heavy atom. The molecule has 0 spiro atoms. The van der Waals surface area contributed by atoms with Gasteiger partial charge in [-0.05, 0) is 24.7 Å². The first-order chi connectivity index (χ1) is 13.5. The summed E-state index contributed by atoms with van der Waals surface area (Å²) in [5.41, 5.74) is 0.201. The zero-order chi connectivity index (χ0) is 20.1. The number of nitrogens with zero attached hydrogens (tertiary/aromatic N) is 2. The van der Waals surface area contributed by atoms with E-state index in [0.29, 0.717) is 36.9 Å². The van der Waals surface area contributed by atoms with E-state index in [1.165, 1.54) is 18.2 Å². The third-order valence-corrected chi connectivity index (χ3v) is 4.59. The molecule has 1 unspecified atom stereocenters. The lowest BCUT2D eigenvalue weighted by molar-refractivity contribution is -0.384. The van der Waals surface area contributed by atoms with Crippen LogP contribution in [-0.4, -0.2) is 48.1 Å². The zero-order valence-electron chi connectivity index (χ0n) is 15.3. The number of rotatable bonds is 7. The largest absolute Gasteiger partial charge is 0.486 e. The van der Waals surface area contributed by atoms with Crippen molar-refractivity contribution in [1.29, 1.82) is 0 Å². The molecular weight excluding hydrogens is 386 g/mol. The van der Waals surface area contributed by atoms with Gasteiger partial charge < -0.3 is 14.8 Å². The van der Waals surface area contributed by atoms with Gasteiger partial charge in [-0.3, -0.25) is 19.8 Å². The van der Waals surface area contributed by atoms with Gasteiger partial charge in [0, 0.05) is 18.7 Å². The van der Waals surface area contributed by atoms with Gasteiger partial charge in [0.2, 0.25) is 5.91 Å². The van der Waals surface area contributed by atoms with Crippen molar-refractivity contribution >= 4 is 28.9 Å². The van der Waals surface area contributed by atoms with Crippen LogP contribution in [0, 0.1) is 10.1 Å². The van der Waals surface area contributed by atoms with Crippen molar-refractivity contribution in [3.63, 3.8) is 0 Å². The van der Waals surface area contributed by atoms with E-state index in [0.717, 1.165) is 0 Å². The molecule has 1 amide bonds. The maximum atomic E-state index is 12.4. The second-order valence-corrected chi connectivity index (χ2v) is 6.70. The number of non-ortho nitro benzene ring substituents is 1. The number of nitrogens with one attached hydrogen (secondary N) is 1. The zero-order valence-corrected chi connectivity index (χ0v) is 16.0. The Bertz CT molecular complexity index is 876. The molecule has 1 aliphatic rings. The van der Waals surface area contributed by atoms with E-state index in [1.807, 2.05) is 36.1 Å². The number of para-hydroxylation sites is 2. The fourth-order valence-corrected chi connectivity index (χ4v) is 3.08. The predicted molar refractivity (Wildman–Crippen MR) is 105 cm³/mol. The number of hydrogen-bond acceptors (Lipinski definition) is 6. The topological polar surface area (TPSA) is 93.9 Å². The minimum atomic E-state index is -0.541. The van der Waals surface area contributed by atoms with Gasteiger partial charge in [0.15, 0.2) is 11.5 Å². The third kappa shape index (κ3) is 4.90. The van der Waals surface area contributed by atoms with Crippen molar-refractivity contribution in [3.05, 3.63) is 57.6 Å². The van der Waals surface area contributed by atoms with Gasteiger partial charge >= 0.3 is 0 Å². The number of hydrogen-bond donors (Lipinski definition) is 1. The highest BCUT2D eigenvalue weighted by atomic mass is 35.5. The van der Waals surface area contributed by atoms with Crippen LogP contribution in [-0.2, 0) is 4.79 Å². The van der Waals surface area contributed by atoms with Crippen molar-refractivity contribution < 1.29 is 19.2 Å². The van der Waals surface area contributed by atoms with Gasteiger partial charge in [-0.1, -0.05) is 30.7 Å². The second-order valence-electron chi connectivity index (χ2n) is 6.29. The summed E-state index contributed by atoms with van der Waals surface area (Å²) in [6.45, 7) is 3.65. The molecule has 9 heteroatoms. The van der Waals surface area contributed by atoms with Crippen LogP contribution in [0.2, 0.25) is 5.02 Å². The summed E-state index contributed by atoms with van der Waals surface area (Å²) in [7, 11) is 0. The number of nitro benzene ring substituents is 1. The van der Waals surface area contributed by atoms with E-state index in [1.54, 1.807) is 0 Å². The monoisotopic (exact) mass is 405 g/mol. The predicted octanol–water partition coefficient (Wildman–Crippen LogP) is 3.35. The molecule has 2 aromatic rings. The van der Waals surface area contributed by atoms with Crippen LogP contribution in [0.3, 0.4) is 0 Å². The van der Waals surface area contributed by atoms with Gasteiger partial charge in [-0.15, -0.1) is 0 Å². The van der Waals surface area contributed by atoms with Gasteiger partial charge in [-0.25, -0.2) is 0 Å². The van der Waals surface area contributed by atoms with Crippen molar-refractivity contribution in [2.75, 3.05) is 31.6 Å². The lowest BCUT2D eigenvalue weighted by Crippen LogP contribution is -2.43. The van der Waals surface area contributed by atoms with Gasteiger partial charge in [-0.2, -0.15) is 0 Å². The molecule has 1 heterocycles. The van der Waals surface area contributed by atoms with Crippen LogP contribution in [0.25, 0.3) is 0 Å². The number of ether oxygens (including phenoxy) is 2. The molecule has 28 heavy (non-hydrogen) atoms. The summed E-state index contributed by atoms with van der Waals surface area (Å²) < 4.78 is 11.6. The summed E-state index contributed by atoms with van der Waals surface area (Å²) in [6, 6.07) is 11.4. The summed E-state index contributed by atoms with van der Waals surface area (Å²) in [5, 5.41) is 13.6. The molecule has 1 aliphatic heterocycles. The summed E-state index contributed by atoms with van der Waals surface area (Å²) in [4.78, 5) is 24.5. The Kier molecular flexibility index (Phi) is 6.33. The lowest BCUT2D eigenvalue weighted by Gasteiger charge is -2.30. The Morgan fingerprint density at radius 1 is 1.32 bits per heavy atom. The molecule has 0 radical (unpaired) electrons. The Hall–Kier alpha value is -2.84. The summed E-state index contributed by atoms with van der Waals surface area (Å²) >= 11 is 6.02. The quantitative estimate of drug-likeness (QED) is 0.560. The highest BCUT2D eigenvalue weighted by Gasteiger charge is 2.23. The molecule has 0 saturated heterocycles. The second kappa shape index (κ2) is 8.90. The van der Waals surface area contributed by atoms with Crippen molar-refractivity contribution in [3.8, 4) is 11.5 Å². The average molecular weight is 406 g/mol. The van der Waals surface area contributed by atoms with E-state index in [-0.39, 0.29) is 29.3 Å². The maximum absolute atomic E-state index is 12.4. The smallest absolute Gasteiger partial charge is 0.271 e. The number of carbonyl (C=O) groups excluding carboxylic acids is 1. The molecule has 1 N–H and O–H groups in total. The standard InChI is InChI=1S/C19H20ClN3O5/c1-2-22(10-14-12-27-17-5-3-4-6-18(17)28-14)11-19(24)21-16-8-7-13(23(25)26)9-15(16)20/h3-9,14H,2,10-12H2,1H3,(H,21,24). The highest BCUT2D eigenvalue weighted by Crippen LogP contribution is 2.31. The molecule has 0 bridgehead atoms. The molecule has 0 aromatic heterocycles. The van der Waals surface area contributed by atoms with Crippen LogP contribution in [0.4, 0.5) is 11.4 Å².